The third kappa shape index (κ3) is 9.30. The predicted molar refractivity (Wildman–Crippen MR) is 55.6 cm³/mol. The molecule has 0 saturated carbocycles. The van der Waals surface area contributed by atoms with Gasteiger partial charge in [0, 0.05) is 25.5 Å². The average molecular weight is 169 g/mol. The van der Waals surface area contributed by atoms with Crippen LogP contribution in [0, 0.1) is 0 Å². The van der Waals surface area contributed by atoms with Crippen molar-refractivity contribution in [2.45, 2.75) is 13.3 Å². The zero-order valence-electron chi connectivity index (χ0n) is 8.32. The molecule has 0 atom stereocenters. The fourth-order valence-corrected chi connectivity index (χ4v) is 0.752. The Balaban J connectivity index is 3.19. The molecule has 0 unspecified atom stereocenters. The zero-order valence-corrected chi connectivity index (χ0v) is 8.32. The summed E-state index contributed by atoms with van der Waals surface area (Å²) in [6, 6.07) is 0. The molecule has 0 radical (unpaired) electrons. The van der Waals surface area contributed by atoms with Crippen molar-refractivity contribution in [3.63, 3.8) is 0 Å². The summed E-state index contributed by atoms with van der Waals surface area (Å²) in [6.45, 7) is 4.84. The highest BCUT2D eigenvalue weighted by atomic mass is 15.0. The molecule has 0 aliphatic heterocycles. The molecule has 0 fully saturated rings. The highest BCUT2D eigenvalue weighted by molar-refractivity contribution is 6.15. The van der Waals surface area contributed by atoms with Gasteiger partial charge in [0.15, 0.2) is 0 Å². The number of hydrogen-bond acceptors (Lipinski definition) is 3. The largest absolute Gasteiger partial charge is 0.309 e. The van der Waals surface area contributed by atoms with Gasteiger partial charge in [0.2, 0.25) is 0 Å². The van der Waals surface area contributed by atoms with E-state index in [4.69, 9.17) is 0 Å². The quantitative estimate of drug-likeness (QED) is 0.432. The van der Waals surface area contributed by atoms with Crippen LogP contribution in [0.15, 0.2) is 9.98 Å². The lowest BCUT2D eigenvalue weighted by molar-refractivity contribution is 0.403. The number of nitrogens with zero attached hydrogens (tertiary/aromatic N) is 3. The Labute approximate surface area is 75.2 Å². The summed E-state index contributed by atoms with van der Waals surface area (Å²) in [5, 5.41) is 0. The number of aliphatic imine (C=N–C) groups is 2. The lowest BCUT2D eigenvalue weighted by atomic mass is 10.4. The first-order valence-corrected chi connectivity index (χ1v) is 4.40. The van der Waals surface area contributed by atoms with E-state index < -0.39 is 0 Å². The van der Waals surface area contributed by atoms with Gasteiger partial charge in [-0.2, -0.15) is 0 Å². The van der Waals surface area contributed by atoms with Crippen molar-refractivity contribution < 1.29 is 0 Å². The lowest BCUT2D eigenvalue weighted by Gasteiger charge is -2.06. The van der Waals surface area contributed by atoms with Crippen LogP contribution in [-0.4, -0.2) is 51.1 Å². The normalized spacial score (nSPS) is 12.3. The molecule has 0 amide bonds. The molecule has 0 aliphatic rings. The second kappa shape index (κ2) is 8.40. The first-order valence-electron chi connectivity index (χ1n) is 4.40. The van der Waals surface area contributed by atoms with Gasteiger partial charge in [0.05, 0.1) is 0 Å². The summed E-state index contributed by atoms with van der Waals surface area (Å²) < 4.78 is 0. The second-order valence-corrected chi connectivity index (χ2v) is 2.86. The van der Waals surface area contributed by atoms with Gasteiger partial charge >= 0.3 is 0 Å². The summed E-state index contributed by atoms with van der Waals surface area (Å²) in [7, 11) is 4.14. The van der Waals surface area contributed by atoms with Crippen molar-refractivity contribution in [3.8, 4) is 0 Å². The molecule has 0 aromatic heterocycles. The molecular weight excluding hydrogens is 150 g/mol. The molecule has 0 N–H and O–H groups in total. The Morgan fingerprint density at radius 3 is 2.42 bits per heavy atom. The van der Waals surface area contributed by atoms with E-state index in [2.05, 4.69) is 29.0 Å². The molecular formula is C9H19N3. The molecule has 3 heteroatoms. The summed E-state index contributed by atoms with van der Waals surface area (Å²) in [5.74, 6) is 0. The molecule has 0 rings (SSSR count). The maximum atomic E-state index is 4.18. The maximum absolute atomic E-state index is 4.18. The minimum Gasteiger partial charge on any atom is -0.309 e. The van der Waals surface area contributed by atoms with E-state index in [1.807, 2.05) is 6.92 Å². The molecule has 0 aromatic rings. The van der Waals surface area contributed by atoms with Crippen LogP contribution in [0.4, 0.5) is 0 Å². The van der Waals surface area contributed by atoms with E-state index >= 15 is 0 Å². The van der Waals surface area contributed by atoms with Crippen molar-refractivity contribution in [2.75, 3.05) is 33.7 Å². The Morgan fingerprint density at radius 2 is 1.83 bits per heavy atom. The fraction of sp³-hybridized carbons (Fsp3) is 0.778. The first kappa shape index (κ1) is 11.3. The Morgan fingerprint density at radius 1 is 1.17 bits per heavy atom. The van der Waals surface area contributed by atoms with Gasteiger partial charge in [-0.05, 0) is 34.0 Å². The zero-order chi connectivity index (χ0) is 9.23. The fourth-order valence-electron chi connectivity index (χ4n) is 0.752. The van der Waals surface area contributed by atoms with Crippen LogP contribution < -0.4 is 0 Å². The second-order valence-electron chi connectivity index (χ2n) is 2.86. The molecule has 70 valence electrons. The predicted octanol–water partition coefficient (Wildman–Crippen LogP) is 1.10. The third-order valence-electron chi connectivity index (χ3n) is 1.35. The Bertz CT molecular complexity index is 139. The minimum absolute atomic E-state index is 0.837. The number of hydrogen-bond donors (Lipinski definition) is 0. The molecule has 12 heavy (non-hydrogen) atoms. The highest BCUT2D eigenvalue weighted by Gasteiger charge is 1.86. The molecule has 0 aromatic carbocycles. The van der Waals surface area contributed by atoms with Gasteiger partial charge in [-0.1, -0.05) is 0 Å². The van der Waals surface area contributed by atoms with Gasteiger partial charge in [-0.3, -0.25) is 9.98 Å². The first-order chi connectivity index (χ1) is 5.77. The third-order valence-corrected chi connectivity index (χ3v) is 1.35. The van der Waals surface area contributed by atoms with E-state index in [-0.39, 0.29) is 0 Å². The summed E-state index contributed by atoms with van der Waals surface area (Å²) >= 11 is 0. The van der Waals surface area contributed by atoms with Crippen LogP contribution in [0.5, 0.6) is 0 Å². The van der Waals surface area contributed by atoms with E-state index in [1.165, 1.54) is 0 Å². The van der Waals surface area contributed by atoms with E-state index in [0.29, 0.717) is 0 Å². The molecule has 0 spiro atoms. The molecule has 0 saturated heterocycles. The van der Waals surface area contributed by atoms with Gasteiger partial charge in [0.1, 0.15) is 0 Å². The van der Waals surface area contributed by atoms with E-state index in [1.54, 1.807) is 12.4 Å². The Hall–Kier alpha value is -0.700. The van der Waals surface area contributed by atoms with Crippen LogP contribution in [0.1, 0.15) is 13.3 Å². The van der Waals surface area contributed by atoms with Crippen LogP contribution in [0.25, 0.3) is 0 Å². The van der Waals surface area contributed by atoms with Crippen LogP contribution >= 0.6 is 0 Å². The average Bonchev–Trinajstić information content (AvgIpc) is 2.02. The SMILES string of the molecule is CCN=CC=NCCCN(C)C. The van der Waals surface area contributed by atoms with Crippen LogP contribution in [0.3, 0.4) is 0 Å². The topological polar surface area (TPSA) is 28.0 Å². The van der Waals surface area contributed by atoms with Crippen molar-refractivity contribution in [1.29, 1.82) is 0 Å². The lowest BCUT2D eigenvalue weighted by Crippen LogP contribution is -2.13. The van der Waals surface area contributed by atoms with E-state index in [9.17, 15) is 0 Å². The van der Waals surface area contributed by atoms with E-state index in [0.717, 1.165) is 26.1 Å². The van der Waals surface area contributed by atoms with Gasteiger partial charge in [-0.15, -0.1) is 0 Å². The Kier molecular flexibility index (Phi) is 7.91. The van der Waals surface area contributed by atoms with Crippen LogP contribution in [-0.2, 0) is 0 Å². The van der Waals surface area contributed by atoms with Gasteiger partial charge in [0.25, 0.3) is 0 Å². The smallest absolute Gasteiger partial charge is 0.0402 e. The monoisotopic (exact) mass is 169 g/mol. The standard InChI is InChI=1S/C9H19N3/c1-4-10-7-8-11-6-5-9-12(2)3/h7-8H,4-6,9H2,1-3H3. The van der Waals surface area contributed by atoms with Crippen molar-refractivity contribution in [1.82, 2.24) is 4.90 Å². The summed E-state index contributed by atoms with van der Waals surface area (Å²) in [4.78, 5) is 10.4. The van der Waals surface area contributed by atoms with Gasteiger partial charge in [-0.25, -0.2) is 0 Å². The van der Waals surface area contributed by atoms with Crippen molar-refractivity contribution >= 4 is 12.4 Å². The van der Waals surface area contributed by atoms with Crippen LogP contribution in [0.2, 0.25) is 0 Å². The molecule has 0 heterocycles. The highest BCUT2D eigenvalue weighted by Crippen LogP contribution is 1.82. The molecule has 0 bridgehead atoms. The molecule has 3 nitrogen and oxygen atoms in total. The van der Waals surface area contributed by atoms with Crippen molar-refractivity contribution in [2.24, 2.45) is 9.98 Å². The summed E-state index contributed by atoms with van der Waals surface area (Å²) in [6.07, 6.45) is 4.65. The molecule has 0 aliphatic carbocycles. The number of rotatable bonds is 6. The van der Waals surface area contributed by atoms with Gasteiger partial charge < -0.3 is 4.90 Å². The maximum Gasteiger partial charge on any atom is 0.0402 e. The minimum atomic E-state index is 0.837. The van der Waals surface area contributed by atoms with Crippen molar-refractivity contribution in [3.05, 3.63) is 0 Å². The summed E-state index contributed by atoms with van der Waals surface area (Å²) in [5.41, 5.74) is 0.